The van der Waals surface area contributed by atoms with Gasteiger partial charge in [0.25, 0.3) is 5.91 Å². The van der Waals surface area contributed by atoms with E-state index in [-0.39, 0.29) is 5.91 Å². The van der Waals surface area contributed by atoms with E-state index in [1.54, 1.807) is 24.3 Å². The van der Waals surface area contributed by atoms with Gasteiger partial charge in [0, 0.05) is 29.6 Å². The van der Waals surface area contributed by atoms with Crippen molar-refractivity contribution in [1.29, 1.82) is 0 Å². The normalized spacial score (nSPS) is 10.2. The van der Waals surface area contributed by atoms with Crippen molar-refractivity contribution < 1.29 is 9.53 Å². The second kappa shape index (κ2) is 8.34. The molecule has 1 N–H and O–H groups in total. The van der Waals surface area contributed by atoms with Gasteiger partial charge in [-0.15, -0.1) is 11.6 Å². The monoisotopic (exact) mass is 275 g/mol. The van der Waals surface area contributed by atoms with Gasteiger partial charge in [0.1, 0.15) is 0 Å². The summed E-state index contributed by atoms with van der Waals surface area (Å²) in [7, 11) is 0. The average Bonchev–Trinajstić information content (AvgIpc) is 2.34. The number of benzene rings is 1. The van der Waals surface area contributed by atoms with E-state index in [0.717, 1.165) is 6.42 Å². The SMILES string of the molecule is O=C(NCCCOCCCl)c1ccc(Cl)cc1. The maximum Gasteiger partial charge on any atom is 0.251 e. The van der Waals surface area contributed by atoms with Gasteiger partial charge in [-0.05, 0) is 30.7 Å². The third-order valence-corrected chi connectivity index (χ3v) is 2.49. The first kappa shape index (κ1) is 14.3. The van der Waals surface area contributed by atoms with E-state index in [4.69, 9.17) is 27.9 Å². The molecule has 0 saturated heterocycles. The van der Waals surface area contributed by atoms with Crippen molar-refractivity contribution in [1.82, 2.24) is 5.32 Å². The first-order valence-electron chi connectivity index (χ1n) is 5.41. The lowest BCUT2D eigenvalue weighted by Gasteiger charge is -2.05. The largest absolute Gasteiger partial charge is 0.380 e. The Bertz CT molecular complexity index is 341. The molecule has 0 atom stereocenters. The van der Waals surface area contributed by atoms with Crippen LogP contribution in [0.2, 0.25) is 5.02 Å². The number of ether oxygens (including phenoxy) is 1. The molecular weight excluding hydrogens is 261 g/mol. The number of carbonyl (C=O) groups excluding carboxylic acids is 1. The summed E-state index contributed by atoms with van der Waals surface area (Å²) < 4.78 is 5.19. The van der Waals surface area contributed by atoms with Gasteiger partial charge in [-0.2, -0.15) is 0 Å². The summed E-state index contributed by atoms with van der Waals surface area (Å²) in [5.41, 5.74) is 0.607. The lowest BCUT2D eigenvalue weighted by atomic mass is 10.2. The molecule has 0 aliphatic rings. The molecule has 0 aliphatic heterocycles. The van der Waals surface area contributed by atoms with Crippen molar-refractivity contribution in [2.75, 3.05) is 25.6 Å². The third-order valence-electron chi connectivity index (χ3n) is 2.08. The molecule has 0 spiro atoms. The van der Waals surface area contributed by atoms with Crippen LogP contribution in [-0.4, -0.2) is 31.5 Å². The zero-order valence-electron chi connectivity index (χ0n) is 9.42. The van der Waals surface area contributed by atoms with Crippen LogP contribution < -0.4 is 5.32 Å². The van der Waals surface area contributed by atoms with Gasteiger partial charge in [-0.3, -0.25) is 4.79 Å². The molecule has 0 aromatic heterocycles. The van der Waals surface area contributed by atoms with Gasteiger partial charge in [0.2, 0.25) is 0 Å². The Balaban J connectivity index is 2.19. The lowest BCUT2D eigenvalue weighted by Crippen LogP contribution is -2.25. The highest BCUT2D eigenvalue weighted by Crippen LogP contribution is 2.09. The van der Waals surface area contributed by atoms with Crippen LogP contribution in [-0.2, 0) is 4.74 Å². The quantitative estimate of drug-likeness (QED) is 0.614. The Labute approximate surface area is 111 Å². The van der Waals surface area contributed by atoms with E-state index in [9.17, 15) is 4.79 Å². The number of alkyl halides is 1. The minimum Gasteiger partial charge on any atom is -0.380 e. The summed E-state index contributed by atoms with van der Waals surface area (Å²) in [6.45, 7) is 1.74. The van der Waals surface area contributed by atoms with Gasteiger partial charge in [0.05, 0.1) is 6.61 Å². The molecule has 1 rings (SSSR count). The first-order valence-corrected chi connectivity index (χ1v) is 6.33. The molecule has 0 heterocycles. The molecule has 0 bridgehead atoms. The summed E-state index contributed by atoms with van der Waals surface area (Å²) in [5.74, 6) is 0.399. The minimum atomic E-state index is -0.0981. The standard InChI is InChI=1S/C12H15Cl2NO2/c13-6-9-17-8-1-7-15-12(16)10-2-4-11(14)5-3-10/h2-5H,1,6-9H2,(H,15,16). The number of amides is 1. The zero-order valence-corrected chi connectivity index (χ0v) is 10.9. The van der Waals surface area contributed by atoms with Crippen molar-refractivity contribution in [3.05, 3.63) is 34.9 Å². The van der Waals surface area contributed by atoms with E-state index in [1.165, 1.54) is 0 Å². The lowest BCUT2D eigenvalue weighted by molar-refractivity contribution is 0.0944. The molecule has 0 unspecified atom stereocenters. The molecule has 94 valence electrons. The van der Waals surface area contributed by atoms with E-state index >= 15 is 0 Å². The molecule has 17 heavy (non-hydrogen) atoms. The van der Waals surface area contributed by atoms with Crippen LogP contribution in [0.4, 0.5) is 0 Å². The van der Waals surface area contributed by atoms with E-state index in [2.05, 4.69) is 5.32 Å². The van der Waals surface area contributed by atoms with Crippen LogP contribution >= 0.6 is 23.2 Å². The van der Waals surface area contributed by atoms with E-state index in [1.807, 2.05) is 0 Å². The topological polar surface area (TPSA) is 38.3 Å². The summed E-state index contributed by atoms with van der Waals surface area (Å²) in [6.07, 6.45) is 0.774. The van der Waals surface area contributed by atoms with Crippen molar-refractivity contribution in [3.63, 3.8) is 0 Å². The molecule has 1 amide bonds. The maximum atomic E-state index is 11.6. The Morgan fingerprint density at radius 1 is 1.24 bits per heavy atom. The molecule has 0 aliphatic carbocycles. The van der Waals surface area contributed by atoms with Crippen molar-refractivity contribution in [3.8, 4) is 0 Å². The maximum absolute atomic E-state index is 11.6. The Hall–Kier alpha value is -0.770. The number of hydrogen-bond donors (Lipinski definition) is 1. The predicted octanol–water partition coefficient (Wildman–Crippen LogP) is 2.72. The van der Waals surface area contributed by atoms with E-state index in [0.29, 0.717) is 36.2 Å². The Morgan fingerprint density at radius 2 is 1.94 bits per heavy atom. The number of rotatable bonds is 7. The van der Waals surface area contributed by atoms with E-state index < -0.39 is 0 Å². The molecule has 5 heteroatoms. The average molecular weight is 276 g/mol. The zero-order chi connectivity index (χ0) is 12.5. The second-order valence-electron chi connectivity index (χ2n) is 3.42. The molecular formula is C12H15Cl2NO2. The summed E-state index contributed by atoms with van der Waals surface area (Å²) in [6, 6.07) is 6.78. The summed E-state index contributed by atoms with van der Waals surface area (Å²) in [5, 5.41) is 3.42. The smallest absolute Gasteiger partial charge is 0.251 e. The molecule has 1 aromatic rings. The number of nitrogens with one attached hydrogen (secondary N) is 1. The number of halogens is 2. The van der Waals surface area contributed by atoms with Crippen LogP contribution in [0.25, 0.3) is 0 Å². The second-order valence-corrected chi connectivity index (χ2v) is 4.23. The van der Waals surface area contributed by atoms with Crippen LogP contribution in [0.5, 0.6) is 0 Å². The Morgan fingerprint density at radius 3 is 2.59 bits per heavy atom. The number of hydrogen-bond acceptors (Lipinski definition) is 2. The molecule has 3 nitrogen and oxygen atoms in total. The van der Waals surface area contributed by atoms with Gasteiger partial charge in [-0.25, -0.2) is 0 Å². The molecule has 0 saturated carbocycles. The highest BCUT2D eigenvalue weighted by Gasteiger charge is 2.03. The summed E-state index contributed by atoms with van der Waals surface area (Å²) >= 11 is 11.2. The predicted molar refractivity (Wildman–Crippen MR) is 69.9 cm³/mol. The van der Waals surface area contributed by atoms with Crippen molar-refractivity contribution in [2.24, 2.45) is 0 Å². The van der Waals surface area contributed by atoms with Crippen LogP contribution in [0, 0.1) is 0 Å². The highest BCUT2D eigenvalue weighted by atomic mass is 35.5. The van der Waals surface area contributed by atoms with Crippen LogP contribution in [0.15, 0.2) is 24.3 Å². The Kier molecular flexibility index (Phi) is 7.01. The fraction of sp³-hybridized carbons (Fsp3) is 0.417. The molecule has 0 fully saturated rings. The summed E-state index contributed by atoms with van der Waals surface area (Å²) in [4.78, 5) is 11.6. The minimum absolute atomic E-state index is 0.0981. The fourth-order valence-electron chi connectivity index (χ4n) is 1.24. The molecule has 0 radical (unpaired) electrons. The number of carbonyl (C=O) groups is 1. The molecule has 1 aromatic carbocycles. The van der Waals surface area contributed by atoms with Crippen molar-refractivity contribution >= 4 is 29.1 Å². The van der Waals surface area contributed by atoms with Gasteiger partial charge >= 0.3 is 0 Å². The van der Waals surface area contributed by atoms with Crippen LogP contribution in [0.3, 0.4) is 0 Å². The van der Waals surface area contributed by atoms with Gasteiger partial charge in [0.15, 0.2) is 0 Å². The first-order chi connectivity index (χ1) is 8.24. The van der Waals surface area contributed by atoms with Crippen molar-refractivity contribution in [2.45, 2.75) is 6.42 Å². The van der Waals surface area contributed by atoms with Crippen LogP contribution in [0.1, 0.15) is 16.8 Å². The fourth-order valence-corrected chi connectivity index (χ4v) is 1.47. The highest BCUT2D eigenvalue weighted by molar-refractivity contribution is 6.30. The third kappa shape index (κ3) is 5.91. The van der Waals surface area contributed by atoms with Gasteiger partial charge in [-0.1, -0.05) is 11.6 Å². The van der Waals surface area contributed by atoms with Gasteiger partial charge < -0.3 is 10.1 Å².